The summed E-state index contributed by atoms with van der Waals surface area (Å²) in [7, 11) is 2.76. The van der Waals surface area contributed by atoms with Crippen LogP contribution in [-0.4, -0.2) is 81.3 Å². The van der Waals surface area contributed by atoms with Crippen molar-refractivity contribution in [2.45, 2.75) is 45.6 Å². The number of Topliss-reactive ketones (excluding diaryl/α,β-unsaturated/α-hetero) is 1. The number of ether oxygens (including phenoxy) is 4. The van der Waals surface area contributed by atoms with Crippen LogP contribution in [0.2, 0.25) is 0 Å². The summed E-state index contributed by atoms with van der Waals surface area (Å²) in [6, 6.07) is 5.30. The van der Waals surface area contributed by atoms with Crippen molar-refractivity contribution >= 4 is 23.3 Å². The highest BCUT2D eigenvalue weighted by Gasteiger charge is 2.34. The second-order valence-electron chi connectivity index (χ2n) is 11.2. The molecule has 2 aromatic rings. The summed E-state index contributed by atoms with van der Waals surface area (Å²) in [5.41, 5.74) is 2.40. The van der Waals surface area contributed by atoms with Gasteiger partial charge in [-0.15, -0.1) is 0 Å². The second-order valence-corrected chi connectivity index (χ2v) is 11.2. The van der Waals surface area contributed by atoms with Crippen LogP contribution in [0.3, 0.4) is 0 Å². The van der Waals surface area contributed by atoms with Gasteiger partial charge in [0, 0.05) is 30.8 Å². The lowest BCUT2D eigenvalue weighted by Gasteiger charge is -2.29. The summed E-state index contributed by atoms with van der Waals surface area (Å²) < 4.78 is 37.0. The zero-order valence-electron chi connectivity index (χ0n) is 24.3. The standard InChI is InChI=1S/C30H38FN3O7/c1-30(2,3)20-12-18(13-21(33-8-6-7-9-33)27(20)41-11-10-40-17-24(36)37)22(35)16-34-15-19-14-23(38-4)28(39-5)26(31)25(19)29(34)32/h12-14,32H,6-11,15-17H2,1-5H3,(H,36,37). The van der Waals surface area contributed by atoms with Gasteiger partial charge in [-0.05, 0) is 42.0 Å². The molecule has 10 nitrogen and oxygen atoms in total. The van der Waals surface area contributed by atoms with E-state index in [2.05, 4.69) is 4.90 Å². The van der Waals surface area contributed by atoms with Crippen LogP contribution >= 0.6 is 0 Å². The minimum Gasteiger partial charge on any atom is -0.493 e. The Bertz CT molecular complexity index is 1330. The number of nitrogens with zero attached hydrogens (tertiary/aromatic N) is 2. The number of hydrogen-bond acceptors (Lipinski definition) is 8. The normalized spacial score (nSPS) is 14.8. The molecule has 2 heterocycles. The number of methoxy groups -OCH3 is 2. The van der Waals surface area contributed by atoms with Crippen molar-refractivity contribution in [3.63, 3.8) is 0 Å². The van der Waals surface area contributed by atoms with E-state index in [0.717, 1.165) is 37.2 Å². The van der Waals surface area contributed by atoms with Gasteiger partial charge in [-0.3, -0.25) is 10.2 Å². The first-order chi connectivity index (χ1) is 19.5. The van der Waals surface area contributed by atoms with Gasteiger partial charge in [0.15, 0.2) is 23.1 Å². The number of aliphatic carboxylic acids is 1. The topological polar surface area (TPSA) is 122 Å². The number of carboxylic acid groups (broad SMARTS) is 1. The second kappa shape index (κ2) is 12.3. The largest absolute Gasteiger partial charge is 0.493 e. The summed E-state index contributed by atoms with van der Waals surface area (Å²) >= 11 is 0. The fraction of sp³-hybridized carbons (Fsp3) is 0.500. The third-order valence-corrected chi connectivity index (χ3v) is 7.29. The number of halogens is 1. The first-order valence-corrected chi connectivity index (χ1v) is 13.6. The Labute approximate surface area is 239 Å². The maximum Gasteiger partial charge on any atom is 0.329 e. The number of carbonyl (C=O) groups is 2. The SMILES string of the molecule is COc1cc2c(c(F)c1OC)C(=N)N(CC(=O)c1cc(N3CCCC3)c(OCCOCC(=O)O)c(C(C)(C)C)c1)C2. The van der Waals surface area contributed by atoms with Crippen LogP contribution in [-0.2, 0) is 21.5 Å². The van der Waals surface area contributed by atoms with Gasteiger partial charge in [0.05, 0.1) is 38.6 Å². The zero-order valence-corrected chi connectivity index (χ0v) is 24.3. The first-order valence-electron chi connectivity index (χ1n) is 13.6. The van der Waals surface area contributed by atoms with Crippen molar-refractivity contribution in [3.05, 3.63) is 46.3 Å². The summed E-state index contributed by atoms with van der Waals surface area (Å²) in [6.45, 7) is 7.71. The molecule has 0 spiro atoms. The third-order valence-electron chi connectivity index (χ3n) is 7.29. The predicted molar refractivity (Wildman–Crippen MR) is 152 cm³/mol. The van der Waals surface area contributed by atoms with Crippen LogP contribution < -0.4 is 19.1 Å². The maximum atomic E-state index is 15.2. The number of anilines is 1. The minimum atomic E-state index is -1.05. The highest BCUT2D eigenvalue weighted by molar-refractivity contribution is 6.06. The molecule has 2 aliphatic rings. The number of nitrogens with one attached hydrogen (secondary N) is 1. The van der Waals surface area contributed by atoms with Gasteiger partial charge in [0.1, 0.15) is 24.8 Å². The molecule has 0 saturated carbocycles. The highest BCUT2D eigenvalue weighted by atomic mass is 19.1. The minimum absolute atomic E-state index is 0.0711. The van der Waals surface area contributed by atoms with E-state index >= 15 is 4.39 Å². The molecule has 11 heteroatoms. The van der Waals surface area contributed by atoms with Crippen LogP contribution in [0.1, 0.15) is 60.7 Å². The molecule has 1 fully saturated rings. The summed E-state index contributed by atoms with van der Waals surface area (Å²) in [6.07, 6.45) is 2.04. The molecule has 41 heavy (non-hydrogen) atoms. The smallest absolute Gasteiger partial charge is 0.329 e. The Morgan fingerprint density at radius 3 is 2.37 bits per heavy atom. The number of amidine groups is 1. The average molecular weight is 572 g/mol. The lowest BCUT2D eigenvalue weighted by Crippen LogP contribution is -2.31. The molecular formula is C30H38FN3O7. The van der Waals surface area contributed by atoms with Gasteiger partial charge in [-0.2, -0.15) is 0 Å². The van der Waals surface area contributed by atoms with Gasteiger partial charge >= 0.3 is 5.97 Å². The molecule has 2 aromatic carbocycles. The van der Waals surface area contributed by atoms with E-state index in [0.29, 0.717) is 16.9 Å². The quantitative estimate of drug-likeness (QED) is 0.285. The lowest BCUT2D eigenvalue weighted by molar-refractivity contribution is -0.142. The Hall–Kier alpha value is -3.86. The van der Waals surface area contributed by atoms with Crippen LogP contribution in [0, 0.1) is 11.2 Å². The molecule has 0 bridgehead atoms. The molecule has 2 aliphatic heterocycles. The Morgan fingerprint density at radius 1 is 1.05 bits per heavy atom. The Kier molecular flexibility index (Phi) is 9.06. The van der Waals surface area contributed by atoms with Crippen molar-refractivity contribution < 1.29 is 38.0 Å². The maximum absolute atomic E-state index is 15.2. The molecule has 0 radical (unpaired) electrons. The van der Waals surface area contributed by atoms with Crippen molar-refractivity contribution in [2.75, 3.05) is 58.6 Å². The van der Waals surface area contributed by atoms with Gasteiger partial charge < -0.3 is 33.9 Å². The molecule has 0 aliphatic carbocycles. The van der Waals surface area contributed by atoms with Crippen LogP contribution in [0.5, 0.6) is 17.2 Å². The molecule has 2 N–H and O–H groups in total. The molecule has 1 saturated heterocycles. The fourth-order valence-corrected chi connectivity index (χ4v) is 5.26. The summed E-state index contributed by atoms with van der Waals surface area (Å²) in [4.78, 5) is 28.3. The fourth-order valence-electron chi connectivity index (χ4n) is 5.26. The number of carbonyl (C=O) groups excluding carboxylic acids is 1. The number of rotatable bonds is 12. The molecule has 222 valence electrons. The predicted octanol–water partition coefficient (Wildman–Crippen LogP) is 4.24. The van der Waals surface area contributed by atoms with Gasteiger partial charge in [0.25, 0.3) is 0 Å². The molecule has 0 amide bonds. The van der Waals surface area contributed by atoms with Crippen LogP contribution in [0.4, 0.5) is 10.1 Å². The van der Waals surface area contributed by atoms with E-state index < -0.39 is 18.4 Å². The van der Waals surface area contributed by atoms with Crippen LogP contribution in [0.15, 0.2) is 18.2 Å². The van der Waals surface area contributed by atoms with Crippen molar-refractivity contribution in [1.29, 1.82) is 5.41 Å². The number of ketones is 1. The molecule has 0 unspecified atom stereocenters. The van der Waals surface area contributed by atoms with E-state index in [1.807, 2.05) is 32.9 Å². The van der Waals surface area contributed by atoms with Gasteiger partial charge in [0.2, 0.25) is 0 Å². The van der Waals surface area contributed by atoms with Gasteiger partial charge in [-0.25, -0.2) is 9.18 Å². The number of fused-ring (bicyclic) bond motifs is 1. The van der Waals surface area contributed by atoms with E-state index in [1.54, 1.807) is 11.0 Å². The number of benzene rings is 2. The number of carboxylic acids is 1. The third kappa shape index (κ3) is 6.40. The Balaban J connectivity index is 1.63. The van der Waals surface area contributed by atoms with Crippen molar-refractivity contribution in [1.82, 2.24) is 4.90 Å². The van der Waals surface area contributed by atoms with E-state index in [4.69, 9.17) is 29.5 Å². The molecule has 0 atom stereocenters. The molecule has 4 rings (SSSR count). The van der Waals surface area contributed by atoms with E-state index in [-0.39, 0.29) is 60.4 Å². The average Bonchev–Trinajstić information content (AvgIpc) is 3.56. The first kappa shape index (κ1) is 30.1. The van der Waals surface area contributed by atoms with Crippen molar-refractivity contribution in [2.24, 2.45) is 0 Å². The highest BCUT2D eigenvalue weighted by Crippen LogP contribution is 2.42. The van der Waals surface area contributed by atoms with Crippen LogP contribution in [0.25, 0.3) is 0 Å². The van der Waals surface area contributed by atoms with E-state index in [1.165, 1.54) is 14.2 Å². The zero-order chi connectivity index (χ0) is 29.9. The Morgan fingerprint density at radius 2 is 1.76 bits per heavy atom. The van der Waals surface area contributed by atoms with E-state index in [9.17, 15) is 9.59 Å². The lowest BCUT2D eigenvalue weighted by atomic mass is 9.84. The summed E-state index contributed by atoms with van der Waals surface area (Å²) in [5.74, 6) is -1.19. The monoisotopic (exact) mass is 571 g/mol. The molecular weight excluding hydrogens is 533 g/mol. The number of hydrogen-bond donors (Lipinski definition) is 2. The molecule has 0 aromatic heterocycles. The summed E-state index contributed by atoms with van der Waals surface area (Å²) in [5, 5.41) is 17.5. The van der Waals surface area contributed by atoms with Crippen molar-refractivity contribution in [3.8, 4) is 17.2 Å². The van der Waals surface area contributed by atoms with Gasteiger partial charge in [-0.1, -0.05) is 20.8 Å².